The molecule has 0 spiro atoms. The molecule has 0 aliphatic carbocycles. The topological polar surface area (TPSA) is 21.3 Å². The molecule has 2 aromatic rings. The lowest BCUT2D eigenvalue weighted by Gasteiger charge is -2.10. The summed E-state index contributed by atoms with van der Waals surface area (Å²) in [5.41, 5.74) is 1.47. The molecule has 0 aliphatic heterocycles. The fourth-order valence-electron chi connectivity index (χ4n) is 1.64. The van der Waals surface area contributed by atoms with Crippen LogP contribution >= 0.6 is 31.9 Å². The van der Waals surface area contributed by atoms with Gasteiger partial charge in [0.15, 0.2) is 0 Å². The van der Waals surface area contributed by atoms with E-state index in [1.54, 1.807) is 19.2 Å². The van der Waals surface area contributed by atoms with Crippen molar-refractivity contribution in [2.24, 2.45) is 0 Å². The summed E-state index contributed by atoms with van der Waals surface area (Å²) in [5.74, 6) is 0.490. The van der Waals surface area contributed by atoms with Crippen molar-refractivity contribution in [1.82, 2.24) is 0 Å². The first kappa shape index (κ1) is 14.3. The molecule has 0 unspecified atom stereocenters. The molecule has 5 heteroatoms. The highest BCUT2D eigenvalue weighted by Gasteiger charge is 2.05. The number of halogens is 3. The van der Waals surface area contributed by atoms with Crippen LogP contribution in [0.1, 0.15) is 5.56 Å². The van der Waals surface area contributed by atoms with Crippen molar-refractivity contribution in [3.05, 3.63) is 56.7 Å². The zero-order valence-corrected chi connectivity index (χ0v) is 13.4. The van der Waals surface area contributed by atoms with Gasteiger partial charge in [-0.15, -0.1) is 0 Å². The molecule has 0 saturated carbocycles. The fourth-order valence-corrected chi connectivity index (χ4v) is 2.36. The number of hydrogen-bond donors (Lipinski definition) is 1. The number of nitrogens with one attached hydrogen (secondary N) is 1. The van der Waals surface area contributed by atoms with Crippen LogP contribution in [0.5, 0.6) is 5.75 Å². The summed E-state index contributed by atoms with van der Waals surface area (Å²) < 4.78 is 20.5. The smallest absolute Gasteiger partial charge is 0.147 e. The third kappa shape index (κ3) is 3.70. The van der Waals surface area contributed by atoms with Crippen LogP contribution in [0.3, 0.4) is 0 Å². The molecular weight excluding hydrogens is 377 g/mol. The summed E-state index contributed by atoms with van der Waals surface area (Å²) in [5, 5.41) is 3.07. The fraction of sp³-hybridized carbons (Fsp3) is 0.143. The standard InChI is InChI=1S/C14H12Br2FNO/c1-19-11-3-4-12(16)9(6-11)8-18-14-5-2-10(15)7-13(14)17/h2-7,18H,8H2,1H3. The maximum absolute atomic E-state index is 13.7. The van der Waals surface area contributed by atoms with E-state index < -0.39 is 0 Å². The Morgan fingerprint density at radius 1 is 1.16 bits per heavy atom. The van der Waals surface area contributed by atoms with Gasteiger partial charge < -0.3 is 10.1 Å². The first-order chi connectivity index (χ1) is 9.10. The molecule has 0 amide bonds. The van der Waals surface area contributed by atoms with Crippen molar-refractivity contribution in [1.29, 1.82) is 0 Å². The molecule has 2 rings (SSSR count). The van der Waals surface area contributed by atoms with Crippen molar-refractivity contribution in [2.75, 3.05) is 12.4 Å². The predicted molar refractivity (Wildman–Crippen MR) is 82.1 cm³/mol. The maximum Gasteiger partial charge on any atom is 0.147 e. The van der Waals surface area contributed by atoms with Gasteiger partial charge in [0.05, 0.1) is 12.8 Å². The average Bonchev–Trinajstić information content (AvgIpc) is 2.39. The van der Waals surface area contributed by atoms with Gasteiger partial charge in [0, 0.05) is 15.5 Å². The molecule has 2 nitrogen and oxygen atoms in total. The molecule has 0 aromatic heterocycles. The van der Waals surface area contributed by atoms with Gasteiger partial charge >= 0.3 is 0 Å². The third-order valence-electron chi connectivity index (χ3n) is 2.65. The quantitative estimate of drug-likeness (QED) is 0.798. The molecule has 0 atom stereocenters. The Bertz CT molecular complexity index is 590. The normalized spacial score (nSPS) is 10.3. The monoisotopic (exact) mass is 387 g/mol. The summed E-state index contributed by atoms with van der Waals surface area (Å²) in [4.78, 5) is 0. The van der Waals surface area contributed by atoms with Crippen molar-refractivity contribution in [2.45, 2.75) is 6.54 Å². The Labute approximate surface area is 128 Å². The molecule has 1 N–H and O–H groups in total. The number of ether oxygens (including phenoxy) is 1. The van der Waals surface area contributed by atoms with Crippen LogP contribution in [0.15, 0.2) is 45.3 Å². The van der Waals surface area contributed by atoms with E-state index >= 15 is 0 Å². The summed E-state index contributed by atoms with van der Waals surface area (Å²) in [7, 11) is 1.62. The summed E-state index contributed by atoms with van der Waals surface area (Å²) in [6.07, 6.45) is 0. The lowest BCUT2D eigenvalue weighted by atomic mass is 10.2. The number of hydrogen-bond acceptors (Lipinski definition) is 2. The zero-order chi connectivity index (χ0) is 13.8. The Morgan fingerprint density at radius 2 is 1.95 bits per heavy atom. The lowest BCUT2D eigenvalue weighted by Crippen LogP contribution is -2.02. The Balaban J connectivity index is 2.14. The average molecular weight is 389 g/mol. The van der Waals surface area contributed by atoms with Gasteiger partial charge in [-0.25, -0.2) is 4.39 Å². The summed E-state index contributed by atoms with van der Waals surface area (Å²) in [6.45, 7) is 0.510. The predicted octanol–water partition coefficient (Wildman–Crippen LogP) is 4.97. The third-order valence-corrected chi connectivity index (χ3v) is 3.92. The van der Waals surface area contributed by atoms with E-state index in [4.69, 9.17) is 4.74 Å². The SMILES string of the molecule is COc1ccc(Br)c(CNc2ccc(Br)cc2F)c1. The molecule has 0 fully saturated rings. The first-order valence-corrected chi connectivity index (χ1v) is 7.20. The minimum Gasteiger partial charge on any atom is -0.497 e. The van der Waals surface area contributed by atoms with Crippen LogP contribution in [-0.4, -0.2) is 7.11 Å². The summed E-state index contributed by atoms with van der Waals surface area (Å²) >= 11 is 6.70. The van der Waals surface area contributed by atoms with Crippen molar-refractivity contribution in [3.8, 4) is 5.75 Å². The number of methoxy groups -OCH3 is 1. The van der Waals surface area contributed by atoms with E-state index in [2.05, 4.69) is 37.2 Å². The minimum absolute atomic E-state index is 0.284. The second-order valence-corrected chi connectivity index (χ2v) is 5.71. The lowest BCUT2D eigenvalue weighted by molar-refractivity contribution is 0.414. The number of rotatable bonds is 4. The molecule has 100 valence electrons. The number of benzene rings is 2. The van der Waals surface area contributed by atoms with Crippen LogP contribution < -0.4 is 10.1 Å². The van der Waals surface area contributed by atoms with Crippen molar-refractivity contribution >= 4 is 37.5 Å². The molecule has 0 heterocycles. The second-order valence-electron chi connectivity index (χ2n) is 3.94. The highest BCUT2D eigenvalue weighted by molar-refractivity contribution is 9.10. The highest BCUT2D eigenvalue weighted by atomic mass is 79.9. The van der Waals surface area contributed by atoms with Crippen LogP contribution in [0, 0.1) is 5.82 Å². The Hall–Kier alpha value is -1.07. The van der Waals surface area contributed by atoms with Crippen LogP contribution in [0.4, 0.5) is 10.1 Å². The van der Waals surface area contributed by atoms with Gasteiger partial charge in [-0.1, -0.05) is 31.9 Å². The minimum atomic E-state index is -0.284. The Kier molecular flexibility index (Phi) is 4.82. The number of anilines is 1. The van der Waals surface area contributed by atoms with Gasteiger partial charge in [0.25, 0.3) is 0 Å². The van der Waals surface area contributed by atoms with Crippen molar-refractivity contribution in [3.63, 3.8) is 0 Å². The zero-order valence-electron chi connectivity index (χ0n) is 10.2. The van der Waals surface area contributed by atoms with Gasteiger partial charge in [0.2, 0.25) is 0 Å². The highest BCUT2D eigenvalue weighted by Crippen LogP contribution is 2.25. The van der Waals surface area contributed by atoms with E-state index in [9.17, 15) is 4.39 Å². The molecule has 0 saturated heterocycles. The molecule has 0 bridgehead atoms. The van der Waals surface area contributed by atoms with E-state index in [0.29, 0.717) is 12.2 Å². The maximum atomic E-state index is 13.7. The van der Waals surface area contributed by atoms with E-state index in [1.165, 1.54) is 6.07 Å². The molecule has 0 radical (unpaired) electrons. The van der Waals surface area contributed by atoms with Gasteiger partial charge in [-0.2, -0.15) is 0 Å². The largest absolute Gasteiger partial charge is 0.497 e. The van der Waals surface area contributed by atoms with E-state index in [1.807, 2.05) is 18.2 Å². The van der Waals surface area contributed by atoms with Gasteiger partial charge in [-0.05, 0) is 42.0 Å². The van der Waals surface area contributed by atoms with Crippen LogP contribution in [0.25, 0.3) is 0 Å². The second kappa shape index (κ2) is 6.39. The van der Waals surface area contributed by atoms with Gasteiger partial charge in [-0.3, -0.25) is 0 Å². The van der Waals surface area contributed by atoms with Crippen molar-refractivity contribution < 1.29 is 9.13 Å². The molecular formula is C14H12Br2FNO. The van der Waals surface area contributed by atoms with E-state index in [-0.39, 0.29) is 5.82 Å². The van der Waals surface area contributed by atoms with E-state index in [0.717, 1.165) is 20.3 Å². The van der Waals surface area contributed by atoms with Crippen LogP contribution in [-0.2, 0) is 6.54 Å². The van der Waals surface area contributed by atoms with Gasteiger partial charge in [0.1, 0.15) is 11.6 Å². The summed E-state index contributed by atoms with van der Waals surface area (Å²) in [6, 6.07) is 10.6. The molecule has 0 aliphatic rings. The molecule has 19 heavy (non-hydrogen) atoms. The molecule has 2 aromatic carbocycles. The Morgan fingerprint density at radius 3 is 2.63 bits per heavy atom. The van der Waals surface area contributed by atoms with Crippen LogP contribution in [0.2, 0.25) is 0 Å². The first-order valence-electron chi connectivity index (χ1n) is 5.61.